The second kappa shape index (κ2) is 17.4. The van der Waals surface area contributed by atoms with Crippen LogP contribution in [0.3, 0.4) is 0 Å². The third kappa shape index (κ3) is 8.44. The summed E-state index contributed by atoms with van der Waals surface area (Å²) in [5, 5.41) is 2.85. The van der Waals surface area contributed by atoms with E-state index in [4.69, 9.17) is 14.7 Å². The number of carbonyl (C=O) groups is 1. The summed E-state index contributed by atoms with van der Waals surface area (Å²) in [6.45, 7) is 26.8. The number of H-pyrrole nitrogens is 2. The van der Waals surface area contributed by atoms with Crippen molar-refractivity contribution in [3.63, 3.8) is 0 Å². The largest absolute Gasteiger partial charge is 0.497 e. The highest BCUT2D eigenvalue weighted by atomic mass is 16.5. The Labute approximate surface area is 435 Å². The van der Waals surface area contributed by atoms with Gasteiger partial charge >= 0.3 is 0 Å². The number of nitrogens with zero attached hydrogens (tertiary/aromatic N) is 2. The average Bonchev–Trinajstić information content (AvgIpc) is 4.20. The molecule has 0 unspecified atom stereocenters. The van der Waals surface area contributed by atoms with Gasteiger partial charge in [-0.1, -0.05) is 180 Å². The van der Waals surface area contributed by atoms with Crippen LogP contribution in [0.2, 0.25) is 0 Å². The first-order valence-corrected chi connectivity index (χ1v) is 26.0. The molecular formula is C68H66N4O2. The Morgan fingerprint density at radius 2 is 0.784 bits per heavy atom. The second-order valence-corrected chi connectivity index (χ2v) is 24.4. The molecule has 2 aliphatic rings. The lowest BCUT2D eigenvalue weighted by molar-refractivity contribution is 0.104. The monoisotopic (exact) mass is 971 g/mol. The predicted molar refractivity (Wildman–Crippen MR) is 311 cm³/mol. The summed E-state index contributed by atoms with van der Waals surface area (Å²) in [5.74, 6) is 0.609. The zero-order chi connectivity index (χ0) is 52.2. The van der Waals surface area contributed by atoms with Gasteiger partial charge in [-0.3, -0.25) is 4.79 Å². The lowest BCUT2D eigenvalue weighted by atomic mass is 9.82. The maximum Gasteiger partial charge on any atom is 0.214 e. The summed E-state index contributed by atoms with van der Waals surface area (Å²) in [4.78, 5) is 35.3. The zero-order valence-corrected chi connectivity index (χ0v) is 45.1. The van der Waals surface area contributed by atoms with Gasteiger partial charge in [-0.15, -0.1) is 0 Å². The molecule has 370 valence electrons. The Morgan fingerprint density at radius 3 is 1.24 bits per heavy atom. The van der Waals surface area contributed by atoms with E-state index in [1.54, 1.807) is 7.11 Å². The fraction of sp³-hybridized carbons (Fsp3) is 0.250. The molecule has 0 amide bonds. The number of rotatable bonds is 5. The molecule has 2 N–H and O–H groups in total. The standard InChI is InChI=1S/C68H66N4O2/c1-65(2,3)43-22-14-40(15-23-43)57-50-32-33-51(69-50)58(41-16-24-44(25-17-41)66(4,5)6)53-35-37-55(71-53)60-48-31-28-46(68(10,11)12)38-49(48)56(39-20-29-47(74-13)30-21-39)61-62(60)72-63(64(61)73)59(54-36-34-52(57)70-54)42-18-26-45(27-19-42)67(7,8)9/h14-38,70-71H,1-13H3. The number of ether oxygens (including phenoxy) is 1. The van der Waals surface area contributed by atoms with Crippen LogP contribution in [0.5, 0.6) is 5.75 Å². The fourth-order valence-electron chi connectivity index (χ4n) is 10.8. The number of nitrogens with one attached hydrogen (secondary N) is 2. The van der Waals surface area contributed by atoms with Crippen LogP contribution in [-0.4, -0.2) is 32.8 Å². The van der Waals surface area contributed by atoms with E-state index in [1.807, 2.05) is 12.1 Å². The molecule has 6 heteroatoms. The van der Waals surface area contributed by atoms with Crippen molar-refractivity contribution in [3.8, 4) is 50.3 Å². The Kier molecular flexibility index (Phi) is 11.4. The Hall–Kier alpha value is -7.83. The van der Waals surface area contributed by atoms with Gasteiger partial charge in [0.2, 0.25) is 5.78 Å². The number of aromatic nitrogens is 4. The van der Waals surface area contributed by atoms with Crippen molar-refractivity contribution in [2.75, 3.05) is 7.11 Å². The van der Waals surface area contributed by atoms with Crippen molar-refractivity contribution in [2.45, 2.75) is 105 Å². The summed E-state index contributed by atoms with van der Waals surface area (Å²) in [6.07, 6.45) is 4.30. The average molecular weight is 971 g/mol. The van der Waals surface area contributed by atoms with Gasteiger partial charge in [0.05, 0.1) is 29.6 Å². The lowest BCUT2D eigenvalue weighted by Crippen LogP contribution is -2.11. The van der Waals surface area contributed by atoms with Crippen molar-refractivity contribution in [1.29, 1.82) is 0 Å². The molecule has 0 aliphatic carbocycles. The number of aromatic amines is 2. The van der Waals surface area contributed by atoms with E-state index in [0.717, 1.165) is 99.9 Å². The molecule has 0 fully saturated rings. The minimum atomic E-state index is -0.171. The molecule has 0 atom stereocenters. The number of fused-ring (bicyclic) bond motifs is 10. The number of ketones is 1. The summed E-state index contributed by atoms with van der Waals surface area (Å²) < 4.78 is 5.68. The van der Waals surface area contributed by atoms with Gasteiger partial charge in [0.25, 0.3) is 0 Å². The van der Waals surface area contributed by atoms with Gasteiger partial charge < -0.3 is 14.7 Å². The van der Waals surface area contributed by atoms with Crippen LogP contribution in [0.15, 0.2) is 140 Å². The van der Waals surface area contributed by atoms with Gasteiger partial charge in [-0.25, -0.2) is 9.97 Å². The molecule has 11 rings (SSSR count). The summed E-state index contributed by atoms with van der Waals surface area (Å²) in [6, 6.07) is 49.9. The van der Waals surface area contributed by atoms with Gasteiger partial charge in [0.1, 0.15) is 11.4 Å². The van der Waals surface area contributed by atoms with Crippen molar-refractivity contribution < 1.29 is 9.53 Å². The summed E-state index contributed by atoms with van der Waals surface area (Å²) >= 11 is 0. The van der Waals surface area contributed by atoms with E-state index in [-0.39, 0.29) is 27.4 Å². The van der Waals surface area contributed by atoms with E-state index in [1.165, 1.54) is 22.3 Å². The zero-order valence-electron chi connectivity index (χ0n) is 45.1. The van der Waals surface area contributed by atoms with Gasteiger partial charge in [-0.2, -0.15) is 0 Å². The number of methoxy groups -OCH3 is 1. The van der Waals surface area contributed by atoms with E-state index >= 15 is 4.79 Å². The molecule has 8 bridgehead atoms. The lowest BCUT2D eigenvalue weighted by Gasteiger charge is -2.21. The minimum absolute atomic E-state index is 0.0213. The molecule has 0 saturated carbocycles. The molecular weight excluding hydrogens is 905 g/mol. The van der Waals surface area contributed by atoms with E-state index in [2.05, 4.69) is 233 Å². The topological polar surface area (TPSA) is 83.7 Å². The maximum absolute atomic E-state index is 16.2. The van der Waals surface area contributed by atoms with E-state index < -0.39 is 0 Å². The molecule has 3 aromatic heterocycles. The maximum atomic E-state index is 16.2. The number of hydrogen-bond acceptors (Lipinski definition) is 4. The first-order chi connectivity index (χ1) is 35.1. The SMILES string of the molecule is COc1ccc(-c2c3c4nc(c(-c5ccc(C(C)(C)C)cc5)c5ccc([nH]5)c(-c5ccc(C(C)(C)C)cc5)c5nc(c(-c6ccc(C(C)(C)C)cc6)c6ccc([nH]6)c4c4ccc(C(C)(C)C)cc24)C=C5)C3=O)cc1. The molecule has 6 nitrogen and oxygen atoms in total. The number of benzene rings is 6. The Balaban J connectivity index is 1.35. The molecule has 0 saturated heterocycles. The van der Waals surface area contributed by atoms with Gasteiger partial charge in [0.15, 0.2) is 0 Å². The third-order valence-corrected chi connectivity index (χ3v) is 15.1. The molecule has 6 aromatic carbocycles. The normalized spacial score (nSPS) is 13.2. The Bertz CT molecular complexity index is 3930. The van der Waals surface area contributed by atoms with Crippen LogP contribution < -0.4 is 4.74 Å². The highest BCUT2D eigenvalue weighted by Gasteiger charge is 2.33. The molecule has 9 aromatic rings. The van der Waals surface area contributed by atoms with Crippen LogP contribution in [-0.2, 0) is 21.7 Å². The van der Waals surface area contributed by atoms with E-state index in [9.17, 15) is 0 Å². The Morgan fingerprint density at radius 1 is 0.392 bits per heavy atom. The minimum Gasteiger partial charge on any atom is -0.497 e. The summed E-state index contributed by atoms with van der Waals surface area (Å²) in [5.41, 5.74) is 18.7. The molecule has 74 heavy (non-hydrogen) atoms. The third-order valence-electron chi connectivity index (χ3n) is 15.1. The highest BCUT2D eigenvalue weighted by Crippen LogP contribution is 2.46. The van der Waals surface area contributed by atoms with Crippen molar-refractivity contribution in [3.05, 3.63) is 184 Å². The number of carbonyl (C=O) groups excluding carboxylic acids is 1. The molecule has 0 spiro atoms. The van der Waals surface area contributed by atoms with Crippen LogP contribution in [0.25, 0.3) is 100 Å². The molecule has 2 aliphatic heterocycles. The van der Waals surface area contributed by atoms with Crippen LogP contribution >= 0.6 is 0 Å². The van der Waals surface area contributed by atoms with Crippen LogP contribution in [0, 0.1) is 0 Å². The van der Waals surface area contributed by atoms with Crippen LogP contribution in [0.4, 0.5) is 0 Å². The highest BCUT2D eigenvalue weighted by molar-refractivity contribution is 6.32. The molecule has 0 radical (unpaired) electrons. The van der Waals surface area contributed by atoms with E-state index in [0.29, 0.717) is 16.8 Å². The quantitative estimate of drug-likeness (QED) is 0.180. The van der Waals surface area contributed by atoms with Gasteiger partial charge in [-0.05, 0) is 132 Å². The first-order valence-electron chi connectivity index (χ1n) is 26.0. The summed E-state index contributed by atoms with van der Waals surface area (Å²) in [7, 11) is 1.68. The molecule has 5 heterocycles. The second-order valence-electron chi connectivity index (χ2n) is 24.4. The van der Waals surface area contributed by atoms with Gasteiger partial charge in [0, 0.05) is 49.7 Å². The van der Waals surface area contributed by atoms with Crippen molar-refractivity contribution in [2.24, 2.45) is 0 Å². The predicted octanol–water partition coefficient (Wildman–Crippen LogP) is 17.9. The number of hydrogen-bond donors (Lipinski definition) is 2. The first kappa shape index (κ1) is 48.4. The smallest absolute Gasteiger partial charge is 0.214 e. The van der Waals surface area contributed by atoms with Crippen molar-refractivity contribution >= 4 is 61.7 Å². The van der Waals surface area contributed by atoms with Crippen molar-refractivity contribution in [1.82, 2.24) is 19.9 Å². The fourth-order valence-corrected chi connectivity index (χ4v) is 10.8. The van der Waals surface area contributed by atoms with Crippen LogP contribution in [0.1, 0.15) is 133 Å².